The molecule has 2 amide bonds. The predicted molar refractivity (Wildman–Crippen MR) is 55.0 cm³/mol. The van der Waals surface area contributed by atoms with Crippen LogP contribution >= 0.6 is 0 Å². The molecule has 2 N–H and O–H groups in total. The summed E-state index contributed by atoms with van der Waals surface area (Å²) in [6.45, 7) is 1.61. The predicted octanol–water partition coefficient (Wildman–Crippen LogP) is -0.833. The number of hydrogen-bond acceptors (Lipinski definition) is 4. The Morgan fingerprint density at radius 2 is 2.13 bits per heavy atom. The molecule has 2 atom stereocenters. The number of amides is 2. The van der Waals surface area contributed by atoms with Gasteiger partial charge in [-0.3, -0.25) is 19.4 Å². The van der Waals surface area contributed by atoms with Gasteiger partial charge < -0.3 is 5.73 Å². The van der Waals surface area contributed by atoms with E-state index >= 15 is 0 Å². The van der Waals surface area contributed by atoms with Crippen molar-refractivity contribution >= 4 is 11.8 Å². The van der Waals surface area contributed by atoms with Gasteiger partial charge >= 0.3 is 0 Å². The van der Waals surface area contributed by atoms with Crippen molar-refractivity contribution < 1.29 is 9.59 Å². The second kappa shape index (κ2) is 3.90. The molecule has 2 saturated heterocycles. The van der Waals surface area contributed by atoms with Crippen molar-refractivity contribution in [2.45, 2.75) is 31.3 Å². The van der Waals surface area contributed by atoms with Crippen molar-refractivity contribution in [1.82, 2.24) is 9.80 Å². The fourth-order valence-electron chi connectivity index (χ4n) is 2.34. The molecule has 0 aromatic carbocycles. The molecule has 0 aromatic heterocycles. The normalized spacial score (nSPS) is 33.9. The van der Waals surface area contributed by atoms with E-state index in [1.54, 1.807) is 7.05 Å². The van der Waals surface area contributed by atoms with Crippen LogP contribution in [0.5, 0.6) is 0 Å². The maximum atomic E-state index is 11.7. The molecule has 2 fully saturated rings. The van der Waals surface area contributed by atoms with Crippen LogP contribution in [0.15, 0.2) is 0 Å². The average Bonchev–Trinajstić information content (AvgIpc) is 2.46. The molecule has 5 heteroatoms. The number of imide groups is 1. The van der Waals surface area contributed by atoms with E-state index in [9.17, 15) is 9.59 Å². The molecule has 0 radical (unpaired) electrons. The van der Waals surface area contributed by atoms with Gasteiger partial charge in [0.15, 0.2) is 0 Å². The molecule has 0 aliphatic carbocycles. The van der Waals surface area contributed by atoms with Gasteiger partial charge in [-0.15, -0.1) is 0 Å². The zero-order valence-electron chi connectivity index (χ0n) is 8.98. The molecule has 84 valence electrons. The summed E-state index contributed by atoms with van der Waals surface area (Å²) >= 11 is 0. The largest absolute Gasteiger partial charge is 0.327 e. The Labute approximate surface area is 89.2 Å². The summed E-state index contributed by atoms with van der Waals surface area (Å²) in [6, 6.07) is -0.110. The first-order chi connectivity index (χ1) is 7.09. The van der Waals surface area contributed by atoms with Crippen molar-refractivity contribution in [3.05, 3.63) is 0 Å². The summed E-state index contributed by atoms with van der Waals surface area (Å²) in [5.41, 5.74) is 5.86. The standard InChI is InChI=1S/C10H17N3O2/c1-12-9(14)5-8(10(12)15)13-4-2-3-7(11)6-13/h7-8H,2-6,11H2,1H3. The van der Waals surface area contributed by atoms with E-state index in [1.165, 1.54) is 4.90 Å². The van der Waals surface area contributed by atoms with Gasteiger partial charge in [0.25, 0.3) is 0 Å². The van der Waals surface area contributed by atoms with Crippen molar-refractivity contribution in [2.75, 3.05) is 20.1 Å². The summed E-state index contributed by atoms with van der Waals surface area (Å²) in [5, 5.41) is 0. The van der Waals surface area contributed by atoms with Crippen LogP contribution in [0, 0.1) is 0 Å². The third-order valence-electron chi connectivity index (χ3n) is 3.29. The second-order valence-corrected chi connectivity index (χ2v) is 4.41. The molecule has 2 aliphatic heterocycles. The fourth-order valence-corrected chi connectivity index (χ4v) is 2.34. The Bertz CT molecular complexity index is 292. The first-order valence-corrected chi connectivity index (χ1v) is 5.39. The van der Waals surface area contributed by atoms with Crippen LogP contribution in [0.1, 0.15) is 19.3 Å². The lowest BCUT2D eigenvalue weighted by molar-refractivity contribution is -0.138. The lowest BCUT2D eigenvalue weighted by Gasteiger charge is -2.33. The van der Waals surface area contributed by atoms with E-state index in [4.69, 9.17) is 5.73 Å². The minimum absolute atomic E-state index is 0.0749. The van der Waals surface area contributed by atoms with Gasteiger partial charge in [0.05, 0.1) is 12.5 Å². The van der Waals surface area contributed by atoms with Crippen molar-refractivity contribution in [3.63, 3.8) is 0 Å². The molecule has 2 rings (SSSR count). The lowest BCUT2D eigenvalue weighted by Crippen LogP contribution is -2.50. The van der Waals surface area contributed by atoms with Crippen LogP contribution in [0.2, 0.25) is 0 Å². The van der Waals surface area contributed by atoms with E-state index in [0.29, 0.717) is 6.42 Å². The summed E-state index contributed by atoms with van der Waals surface area (Å²) in [4.78, 5) is 26.4. The minimum Gasteiger partial charge on any atom is -0.327 e. The molecule has 0 saturated carbocycles. The first-order valence-electron chi connectivity index (χ1n) is 5.39. The van der Waals surface area contributed by atoms with E-state index in [-0.39, 0.29) is 23.9 Å². The third kappa shape index (κ3) is 1.89. The zero-order valence-corrected chi connectivity index (χ0v) is 8.98. The number of carbonyl (C=O) groups excluding carboxylic acids is 2. The quantitative estimate of drug-likeness (QED) is 0.575. The molecule has 2 heterocycles. The number of rotatable bonds is 1. The molecule has 2 aliphatic rings. The van der Waals surface area contributed by atoms with Crippen LogP contribution in [-0.4, -0.2) is 53.8 Å². The summed E-state index contributed by atoms with van der Waals surface area (Å²) in [5.74, 6) is -0.154. The Hall–Kier alpha value is -0.940. The Balaban J connectivity index is 2.05. The SMILES string of the molecule is CN1C(=O)CC(N2CCCC(N)C2)C1=O. The van der Waals surface area contributed by atoms with Crippen LogP contribution in [-0.2, 0) is 9.59 Å². The van der Waals surface area contributed by atoms with Crippen molar-refractivity contribution in [2.24, 2.45) is 5.73 Å². The topological polar surface area (TPSA) is 66.6 Å². The van der Waals surface area contributed by atoms with Gasteiger partial charge in [0, 0.05) is 19.6 Å². The molecule has 5 nitrogen and oxygen atoms in total. The van der Waals surface area contributed by atoms with Crippen LogP contribution < -0.4 is 5.73 Å². The smallest absolute Gasteiger partial charge is 0.246 e. The lowest BCUT2D eigenvalue weighted by atomic mass is 10.0. The second-order valence-electron chi connectivity index (χ2n) is 4.41. The zero-order chi connectivity index (χ0) is 11.0. The van der Waals surface area contributed by atoms with Gasteiger partial charge in [-0.05, 0) is 19.4 Å². The average molecular weight is 211 g/mol. The molecule has 15 heavy (non-hydrogen) atoms. The maximum absolute atomic E-state index is 11.7. The molecular weight excluding hydrogens is 194 g/mol. The number of nitrogens with zero attached hydrogens (tertiary/aromatic N) is 2. The fraction of sp³-hybridized carbons (Fsp3) is 0.800. The number of hydrogen-bond donors (Lipinski definition) is 1. The number of carbonyl (C=O) groups is 2. The van der Waals surface area contributed by atoms with E-state index < -0.39 is 0 Å². The number of likely N-dealkylation sites (N-methyl/N-ethyl adjacent to an activating group) is 1. The summed E-state index contributed by atoms with van der Waals surface area (Å²) in [6.07, 6.45) is 2.35. The Kier molecular flexibility index (Phi) is 2.75. The van der Waals surface area contributed by atoms with Crippen molar-refractivity contribution in [3.8, 4) is 0 Å². The number of nitrogens with two attached hydrogens (primary N) is 1. The molecule has 2 unspecified atom stereocenters. The van der Waals surface area contributed by atoms with E-state index in [2.05, 4.69) is 4.90 Å². The van der Waals surface area contributed by atoms with E-state index in [1.807, 2.05) is 0 Å². The Morgan fingerprint density at radius 3 is 2.67 bits per heavy atom. The van der Waals surface area contributed by atoms with Gasteiger partial charge in [-0.2, -0.15) is 0 Å². The maximum Gasteiger partial charge on any atom is 0.246 e. The van der Waals surface area contributed by atoms with Gasteiger partial charge in [0.1, 0.15) is 0 Å². The van der Waals surface area contributed by atoms with Gasteiger partial charge in [-0.1, -0.05) is 0 Å². The molecule has 0 spiro atoms. The monoisotopic (exact) mass is 211 g/mol. The molecule has 0 aromatic rings. The summed E-state index contributed by atoms with van der Waals surface area (Å²) in [7, 11) is 1.55. The highest BCUT2D eigenvalue weighted by Crippen LogP contribution is 2.20. The van der Waals surface area contributed by atoms with Crippen LogP contribution in [0.3, 0.4) is 0 Å². The third-order valence-corrected chi connectivity index (χ3v) is 3.29. The highest BCUT2D eigenvalue weighted by molar-refractivity contribution is 6.05. The highest BCUT2D eigenvalue weighted by Gasteiger charge is 2.40. The number of piperidine rings is 1. The first kappa shape index (κ1) is 10.6. The molecular formula is C10H17N3O2. The van der Waals surface area contributed by atoms with Crippen LogP contribution in [0.25, 0.3) is 0 Å². The summed E-state index contributed by atoms with van der Waals surface area (Å²) < 4.78 is 0. The Morgan fingerprint density at radius 1 is 1.40 bits per heavy atom. The van der Waals surface area contributed by atoms with Crippen LogP contribution in [0.4, 0.5) is 0 Å². The van der Waals surface area contributed by atoms with Gasteiger partial charge in [-0.25, -0.2) is 0 Å². The van der Waals surface area contributed by atoms with Gasteiger partial charge in [0.2, 0.25) is 11.8 Å². The van der Waals surface area contributed by atoms with E-state index in [0.717, 1.165) is 25.9 Å². The highest BCUT2D eigenvalue weighted by atomic mass is 16.2. The van der Waals surface area contributed by atoms with Crippen molar-refractivity contribution in [1.29, 1.82) is 0 Å². The number of likely N-dealkylation sites (tertiary alicyclic amines) is 2. The molecule has 0 bridgehead atoms. The minimum atomic E-state index is -0.256.